The van der Waals surface area contributed by atoms with Crippen LogP contribution in [0.15, 0.2) is 42.9 Å². The summed E-state index contributed by atoms with van der Waals surface area (Å²) in [5.74, 6) is -0.0718. The smallest absolute Gasteiger partial charge is 0.231 e. The number of alkyl halides is 1. The molecule has 4 heterocycles. The summed E-state index contributed by atoms with van der Waals surface area (Å²) >= 11 is 0. The number of pyridine rings is 2. The number of aromatic nitrogens is 4. The molecule has 0 aromatic carbocycles. The fourth-order valence-corrected chi connectivity index (χ4v) is 3.76. The molecule has 5 rings (SSSR count). The number of aromatic amines is 1. The van der Waals surface area contributed by atoms with Gasteiger partial charge in [-0.3, -0.25) is 4.79 Å². The molecular weight excluding hydrogens is 357 g/mol. The van der Waals surface area contributed by atoms with Gasteiger partial charge in [0.25, 0.3) is 0 Å². The SMILES string of the molecule is CC(C)c1c(-c2ccn3nc(NC(=O)[C@@H]4C[C@@H]4F)cc3c2)cnc2[nH]ccc12. The molecule has 4 aromatic heterocycles. The number of rotatable bonds is 4. The zero-order chi connectivity index (χ0) is 19.4. The lowest BCUT2D eigenvalue weighted by Crippen LogP contribution is -2.15. The van der Waals surface area contributed by atoms with Gasteiger partial charge in [-0.15, -0.1) is 0 Å². The van der Waals surface area contributed by atoms with Crippen LogP contribution in [0.1, 0.15) is 31.7 Å². The molecule has 1 fully saturated rings. The third-order valence-corrected chi connectivity index (χ3v) is 5.28. The topological polar surface area (TPSA) is 75.1 Å². The normalized spacial score (nSPS) is 18.9. The second kappa shape index (κ2) is 6.15. The molecule has 7 heteroatoms. The van der Waals surface area contributed by atoms with Crippen LogP contribution in [0.25, 0.3) is 27.7 Å². The first-order valence-electron chi connectivity index (χ1n) is 9.42. The van der Waals surface area contributed by atoms with Crippen molar-refractivity contribution in [3.63, 3.8) is 0 Å². The Balaban J connectivity index is 1.54. The van der Waals surface area contributed by atoms with Gasteiger partial charge in [0, 0.05) is 35.6 Å². The summed E-state index contributed by atoms with van der Waals surface area (Å²) in [4.78, 5) is 19.7. The molecule has 0 unspecified atom stereocenters. The third kappa shape index (κ3) is 2.74. The molecule has 1 saturated carbocycles. The minimum atomic E-state index is -1.02. The monoisotopic (exact) mass is 377 g/mol. The molecule has 28 heavy (non-hydrogen) atoms. The maximum atomic E-state index is 13.1. The van der Waals surface area contributed by atoms with E-state index in [1.165, 1.54) is 5.56 Å². The second-order valence-electron chi connectivity index (χ2n) is 7.64. The minimum Gasteiger partial charge on any atom is -0.346 e. The summed E-state index contributed by atoms with van der Waals surface area (Å²) in [6.07, 6.45) is 4.95. The molecule has 142 valence electrons. The van der Waals surface area contributed by atoms with Gasteiger partial charge in [0.05, 0.1) is 11.4 Å². The number of H-pyrrole nitrogens is 1. The van der Waals surface area contributed by atoms with Gasteiger partial charge < -0.3 is 10.3 Å². The van der Waals surface area contributed by atoms with E-state index in [2.05, 4.69) is 40.3 Å². The Morgan fingerprint density at radius 1 is 1.36 bits per heavy atom. The zero-order valence-corrected chi connectivity index (χ0v) is 15.6. The lowest BCUT2D eigenvalue weighted by Gasteiger charge is -2.14. The Labute approximate surface area is 160 Å². The van der Waals surface area contributed by atoms with E-state index in [9.17, 15) is 9.18 Å². The first-order chi connectivity index (χ1) is 13.5. The number of nitrogens with zero attached hydrogens (tertiary/aromatic N) is 3. The standard InChI is InChI=1S/C21H20FN5O/c1-11(2)19-14-3-5-23-20(14)24-10-16(19)12-4-6-27-13(7-12)8-18(26-27)25-21(28)15-9-17(15)22/h3-8,10-11,15,17H,9H2,1-2H3,(H,23,24)(H,25,26,28)/t15-,17+/m1/s1. The zero-order valence-electron chi connectivity index (χ0n) is 15.6. The molecule has 0 bridgehead atoms. The molecular formula is C21H20FN5O. The van der Waals surface area contributed by atoms with E-state index in [0.29, 0.717) is 18.2 Å². The predicted octanol–water partition coefficient (Wildman–Crippen LogP) is 4.30. The second-order valence-corrected chi connectivity index (χ2v) is 7.64. The Kier molecular flexibility index (Phi) is 3.72. The van der Waals surface area contributed by atoms with Crippen molar-refractivity contribution in [2.45, 2.75) is 32.4 Å². The molecule has 1 amide bonds. The van der Waals surface area contributed by atoms with Gasteiger partial charge in [-0.05, 0) is 41.7 Å². The minimum absolute atomic E-state index is 0.302. The average molecular weight is 377 g/mol. The van der Waals surface area contributed by atoms with Crippen molar-refractivity contribution in [1.29, 1.82) is 0 Å². The molecule has 0 spiro atoms. The number of amides is 1. The Morgan fingerprint density at radius 2 is 2.18 bits per heavy atom. The van der Waals surface area contributed by atoms with Gasteiger partial charge in [0.2, 0.25) is 5.91 Å². The Hall–Kier alpha value is -3.22. The van der Waals surface area contributed by atoms with Crippen LogP contribution < -0.4 is 5.32 Å². The van der Waals surface area contributed by atoms with Gasteiger partial charge in [0.1, 0.15) is 11.8 Å². The van der Waals surface area contributed by atoms with Crippen LogP contribution in [0.4, 0.5) is 10.2 Å². The quantitative estimate of drug-likeness (QED) is 0.557. The van der Waals surface area contributed by atoms with Crippen LogP contribution in [0.2, 0.25) is 0 Å². The van der Waals surface area contributed by atoms with Gasteiger partial charge in [-0.1, -0.05) is 13.8 Å². The van der Waals surface area contributed by atoms with Gasteiger partial charge in [-0.2, -0.15) is 5.10 Å². The third-order valence-electron chi connectivity index (χ3n) is 5.28. The number of carbonyl (C=O) groups is 1. The highest BCUT2D eigenvalue weighted by atomic mass is 19.1. The molecule has 6 nitrogen and oxygen atoms in total. The van der Waals surface area contributed by atoms with Gasteiger partial charge >= 0.3 is 0 Å². The molecule has 0 saturated heterocycles. The number of halogens is 1. The number of carbonyl (C=O) groups excluding carboxylic acids is 1. The van der Waals surface area contributed by atoms with Crippen LogP contribution in [-0.2, 0) is 4.79 Å². The number of anilines is 1. The summed E-state index contributed by atoms with van der Waals surface area (Å²) in [5, 5.41) is 8.19. The van der Waals surface area contributed by atoms with Gasteiger partial charge in [-0.25, -0.2) is 13.9 Å². The van der Waals surface area contributed by atoms with Crippen molar-refractivity contribution >= 4 is 28.3 Å². The van der Waals surface area contributed by atoms with Crippen LogP contribution in [-0.4, -0.2) is 31.7 Å². The summed E-state index contributed by atoms with van der Waals surface area (Å²) in [6.45, 7) is 4.35. The predicted molar refractivity (Wildman–Crippen MR) is 106 cm³/mol. The fraction of sp³-hybridized carbons (Fsp3) is 0.286. The van der Waals surface area contributed by atoms with E-state index in [0.717, 1.165) is 27.7 Å². The Bertz CT molecular complexity index is 1210. The molecule has 1 aliphatic rings. The fourth-order valence-electron chi connectivity index (χ4n) is 3.76. The molecule has 1 aliphatic carbocycles. The van der Waals surface area contributed by atoms with E-state index in [1.54, 1.807) is 10.6 Å². The van der Waals surface area contributed by atoms with Crippen molar-refractivity contribution in [3.05, 3.63) is 48.4 Å². The Morgan fingerprint density at radius 3 is 2.93 bits per heavy atom. The summed E-state index contributed by atoms with van der Waals surface area (Å²) in [7, 11) is 0. The maximum Gasteiger partial charge on any atom is 0.231 e. The average Bonchev–Trinajstić information content (AvgIpc) is 3.06. The lowest BCUT2D eigenvalue weighted by molar-refractivity contribution is -0.117. The number of fused-ring (bicyclic) bond motifs is 2. The van der Waals surface area contributed by atoms with E-state index in [-0.39, 0.29) is 5.91 Å². The van der Waals surface area contributed by atoms with Crippen LogP contribution >= 0.6 is 0 Å². The number of hydrogen-bond donors (Lipinski definition) is 2. The summed E-state index contributed by atoms with van der Waals surface area (Å²) in [5.41, 5.74) is 5.09. The van der Waals surface area contributed by atoms with Crippen molar-refractivity contribution in [2.75, 3.05) is 5.32 Å². The summed E-state index contributed by atoms with van der Waals surface area (Å²) < 4.78 is 14.8. The van der Waals surface area contributed by atoms with Gasteiger partial charge in [0.15, 0.2) is 5.82 Å². The van der Waals surface area contributed by atoms with E-state index < -0.39 is 12.1 Å². The van der Waals surface area contributed by atoms with Crippen LogP contribution in [0.3, 0.4) is 0 Å². The highest BCUT2D eigenvalue weighted by Crippen LogP contribution is 2.36. The number of hydrogen-bond acceptors (Lipinski definition) is 3. The first kappa shape index (κ1) is 16.9. The van der Waals surface area contributed by atoms with Crippen LogP contribution in [0, 0.1) is 5.92 Å². The molecule has 0 radical (unpaired) electrons. The highest BCUT2D eigenvalue weighted by molar-refractivity contribution is 5.94. The lowest BCUT2D eigenvalue weighted by atomic mass is 9.92. The maximum absolute atomic E-state index is 13.1. The first-order valence-corrected chi connectivity index (χ1v) is 9.42. The van der Waals surface area contributed by atoms with Crippen molar-refractivity contribution in [1.82, 2.24) is 19.6 Å². The largest absolute Gasteiger partial charge is 0.346 e. The molecule has 0 aliphatic heterocycles. The summed E-state index contributed by atoms with van der Waals surface area (Å²) in [6, 6.07) is 7.88. The highest BCUT2D eigenvalue weighted by Gasteiger charge is 2.43. The number of nitrogens with one attached hydrogen (secondary N) is 2. The molecule has 2 N–H and O–H groups in total. The van der Waals surface area contributed by atoms with Crippen molar-refractivity contribution in [3.8, 4) is 11.1 Å². The van der Waals surface area contributed by atoms with E-state index in [4.69, 9.17) is 0 Å². The molecule has 2 atom stereocenters. The van der Waals surface area contributed by atoms with Crippen molar-refractivity contribution in [2.24, 2.45) is 5.92 Å². The van der Waals surface area contributed by atoms with E-state index in [1.807, 2.05) is 30.7 Å². The molecule has 4 aromatic rings. The van der Waals surface area contributed by atoms with Crippen LogP contribution in [0.5, 0.6) is 0 Å². The van der Waals surface area contributed by atoms with E-state index >= 15 is 0 Å². The van der Waals surface area contributed by atoms with Crippen molar-refractivity contribution < 1.29 is 9.18 Å².